The van der Waals surface area contributed by atoms with E-state index in [2.05, 4.69) is 5.32 Å². The van der Waals surface area contributed by atoms with Crippen molar-refractivity contribution in [2.24, 2.45) is 7.05 Å². The van der Waals surface area contributed by atoms with E-state index in [9.17, 15) is 13.2 Å². The zero-order valence-electron chi connectivity index (χ0n) is 11.9. The van der Waals surface area contributed by atoms with Gasteiger partial charge in [-0.15, -0.1) is 0 Å². The van der Waals surface area contributed by atoms with Gasteiger partial charge in [0, 0.05) is 30.2 Å². The third kappa shape index (κ3) is 2.81. The number of pyridine rings is 1. The number of para-hydroxylation sites is 1. The molecule has 0 saturated carbocycles. The van der Waals surface area contributed by atoms with Crippen molar-refractivity contribution >= 4 is 26.4 Å². The Morgan fingerprint density at radius 3 is 2.81 bits per heavy atom. The van der Waals surface area contributed by atoms with Crippen LogP contribution in [0.4, 0.5) is 5.69 Å². The molecule has 112 valence electrons. The number of nitrogens with zero attached hydrogens (tertiary/aromatic N) is 1. The molecule has 1 aromatic heterocycles. The largest absolute Gasteiger partial charge is 0.381 e. The summed E-state index contributed by atoms with van der Waals surface area (Å²) in [5, 5.41) is 4.19. The summed E-state index contributed by atoms with van der Waals surface area (Å²) < 4.78 is 25.1. The standard InChI is InChI=1S/C15H18N2O3S/c1-17-14-7-3-2-6-12(14)13(9-15(17)18)16-11-5-4-8-21(19,20)10-11/h2-3,6-7,9,11,16H,4-5,8,10H2,1H3. The quantitative estimate of drug-likeness (QED) is 0.913. The molecule has 1 aliphatic rings. The first kappa shape index (κ1) is 14.1. The van der Waals surface area contributed by atoms with Crippen molar-refractivity contribution in [3.05, 3.63) is 40.7 Å². The second-order valence-electron chi connectivity index (χ2n) is 5.57. The third-order valence-corrected chi connectivity index (χ3v) is 5.80. The van der Waals surface area contributed by atoms with Crippen LogP contribution in [0.15, 0.2) is 35.1 Å². The highest BCUT2D eigenvalue weighted by Gasteiger charge is 2.25. The van der Waals surface area contributed by atoms with E-state index in [1.807, 2.05) is 24.3 Å². The summed E-state index contributed by atoms with van der Waals surface area (Å²) in [6.07, 6.45) is 1.48. The van der Waals surface area contributed by atoms with Crippen molar-refractivity contribution in [3.63, 3.8) is 0 Å². The Hall–Kier alpha value is -1.82. The van der Waals surface area contributed by atoms with E-state index in [4.69, 9.17) is 0 Å². The fourth-order valence-corrected chi connectivity index (χ4v) is 4.52. The second-order valence-corrected chi connectivity index (χ2v) is 7.80. The Balaban J connectivity index is 2.01. The molecule has 0 spiro atoms. The van der Waals surface area contributed by atoms with Crippen LogP contribution in [-0.4, -0.2) is 30.5 Å². The van der Waals surface area contributed by atoms with Gasteiger partial charge in [-0.3, -0.25) is 4.79 Å². The first-order valence-corrected chi connectivity index (χ1v) is 8.84. The molecule has 0 amide bonds. The van der Waals surface area contributed by atoms with Crippen molar-refractivity contribution < 1.29 is 8.42 Å². The Kier molecular flexibility index (Phi) is 3.49. The number of aromatic nitrogens is 1. The zero-order chi connectivity index (χ0) is 15.0. The summed E-state index contributed by atoms with van der Waals surface area (Å²) >= 11 is 0. The predicted octanol–water partition coefficient (Wildman–Crippen LogP) is 1.53. The number of rotatable bonds is 2. The Morgan fingerprint density at radius 2 is 2.05 bits per heavy atom. The molecule has 0 aliphatic carbocycles. The van der Waals surface area contributed by atoms with E-state index in [1.165, 1.54) is 0 Å². The summed E-state index contributed by atoms with van der Waals surface area (Å²) in [6.45, 7) is 0. The molecule has 5 nitrogen and oxygen atoms in total. The van der Waals surface area contributed by atoms with E-state index in [1.54, 1.807) is 17.7 Å². The average molecular weight is 306 g/mol. The van der Waals surface area contributed by atoms with Gasteiger partial charge >= 0.3 is 0 Å². The molecule has 1 N–H and O–H groups in total. The molecule has 1 fully saturated rings. The fourth-order valence-electron chi connectivity index (χ4n) is 2.89. The first-order chi connectivity index (χ1) is 9.96. The van der Waals surface area contributed by atoms with Crippen LogP contribution in [0.1, 0.15) is 12.8 Å². The molecule has 1 aliphatic heterocycles. The molecular weight excluding hydrogens is 288 g/mol. The number of sulfone groups is 1. The fraction of sp³-hybridized carbons (Fsp3) is 0.400. The van der Waals surface area contributed by atoms with Crippen LogP contribution in [0.25, 0.3) is 10.9 Å². The van der Waals surface area contributed by atoms with Crippen molar-refractivity contribution in [3.8, 4) is 0 Å². The minimum absolute atomic E-state index is 0.102. The van der Waals surface area contributed by atoms with Gasteiger partial charge in [0.15, 0.2) is 9.84 Å². The van der Waals surface area contributed by atoms with Crippen molar-refractivity contribution in [2.45, 2.75) is 18.9 Å². The highest BCUT2D eigenvalue weighted by atomic mass is 32.2. The summed E-state index contributed by atoms with van der Waals surface area (Å²) in [4.78, 5) is 12.0. The first-order valence-electron chi connectivity index (χ1n) is 7.02. The number of aryl methyl sites for hydroxylation is 1. The maximum atomic E-state index is 12.0. The average Bonchev–Trinajstić information content (AvgIpc) is 2.43. The van der Waals surface area contributed by atoms with Gasteiger partial charge < -0.3 is 9.88 Å². The maximum Gasteiger partial charge on any atom is 0.252 e. The Bertz CT molecular complexity index is 840. The van der Waals surface area contributed by atoms with Crippen molar-refractivity contribution in [1.82, 2.24) is 4.57 Å². The van der Waals surface area contributed by atoms with Crippen molar-refractivity contribution in [1.29, 1.82) is 0 Å². The highest BCUT2D eigenvalue weighted by molar-refractivity contribution is 7.91. The second kappa shape index (κ2) is 5.18. The van der Waals surface area contributed by atoms with Gasteiger partial charge in [-0.25, -0.2) is 8.42 Å². The zero-order valence-corrected chi connectivity index (χ0v) is 12.7. The van der Waals surface area contributed by atoms with Gasteiger partial charge in [0.2, 0.25) is 0 Å². The van der Waals surface area contributed by atoms with Gasteiger partial charge in [0.1, 0.15) is 0 Å². The smallest absolute Gasteiger partial charge is 0.252 e. The van der Waals surface area contributed by atoms with Gasteiger partial charge in [-0.05, 0) is 18.9 Å². The molecule has 0 radical (unpaired) electrons. The topological polar surface area (TPSA) is 68.2 Å². The number of anilines is 1. The summed E-state index contributed by atoms with van der Waals surface area (Å²) in [6, 6.07) is 9.04. The molecule has 3 rings (SSSR count). The van der Waals surface area contributed by atoms with E-state index >= 15 is 0 Å². The Labute approximate surface area is 123 Å². The molecule has 21 heavy (non-hydrogen) atoms. The van der Waals surface area contributed by atoms with E-state index in [0.717, 1.165) is 23.0 Å². The number of nitrogens with one attached hydrogen (secondary N) is 1. The maximum absolute atomic E-state index is 12.0. The molecular formula is C15H18N2O3S. The molecule has 2 heterocycles. The molecule has 1 saturated heterocycles. The van der Waals surface area contributed by atoms with Crippen LogP contribution in [0, 0.1) is 0 Å². The van der Waals surface area contributed by atoms with E-state index < -0.39 is 9.84 Å². The summed E-state index contributed by atoms with van der Waals surface area (Å²) in [5.41, 5.74) is 1.46. The van der Waals surface area contributed by atoms with Crippen LogP contribution >= 0.6 is 0 Å². The van der Waals surface area contributed by atoms with Gasteiger partial charge in [-0.1, -0.05) is 18.2 Å². The molecule has 0 bridgehead atoms. The lowest BCUT2D eigenvalue weighted by Crippen LogP contribution is -2.35. The van der Waals surface area contributed by atoms with Crippen molar-refractivity contribution in [2.75, 3.05) is 16.8 Å². The minimum atomic E-state index is -2.97. The number of hydrogen-bond donors (Lipinski definition) is 1. The molecule has 6 heteroatoms. The van der Waals surface area contributed by atoms with Crippen LogP contribution < -0.4 is 10.9 Å². The van der Waals surface area contributed by atoms with E-state index in [0.29, 0.717) is 6.42 Å². The highest BCUT2D eigenvalue weighted by Crippen LogP contribution is 2.24. The van der Waals surface area contributed by atoms with Crippen LogP contribution in [-0.2, 0) is 16.9 Å². The number of hydrogen-bond acceptors (Lipinski definition) is 4. The SMILES string of the molecule is Cn1c(=O)cc(NC2CCCS(=O)(=O)C2)c2ccccc21. The predicted molar refractivity (Wildman–Crippen MR) is 84.5 cm³/mol. The monoisotopic (exact) mass is 306 g/mol. The molecule has 1 aromatic carbocycles. The van der Waals surface area contributed by atoms with Gasteiger partial charge in [0.25, 0.3) is 5.56 Å². The summed E-state index contributed by atoms with van der Waals surface area (Å²) in [5.74, 6) is 0.402. The number of fused-ring (bicyclic) bond motifs is 1. The van der Waals surface area contributed by atoms with Crippen LogP contribution in [0.5, 0.6) is 0 Å². The molecule has 1 atom stereocenters. The van der Waals surface area contributed by atoms with E-state index in [-0.39, 0.29) is 23.1 Å². The van der Waals surface area contributed by atoms with Crippen LogP contribution in [0.2, 0.25) is 0 Å². The van der Waals surface area contributed by atoms with Crippen LogP contribution in [0.3, 0.4) is 0 Å². The third-order valence-electron chi connectivity index (χ3n) is 3.98. The number of benzene rings is 1. The molecule has 2 aromatic rings. The van der Waals surface area contributed by atoms with Gasteiger partial charge in [0.05, 0.1) is 17.0 Å². The molecule has 1 unspecified atom stereocenters. The Morgan fingerprint density at radius 1 is 1.29 bits per heavy atom. The normalized spacial score (nSPS) is 21.3. The lowest BCUT2D eigenvalue weighted by molar-refractivity contribution is 0.562. The van der Waals surface area contributed by atoms with Gasteiger partial charge in [-0.2, -0.15) is 0 Å². The minimum Gasteiger partial charge on any atom is -0.381 e. The lowest BCUT2D eigenvalue weighted by atomic mass is 10.1. The lowest BCUT2D eigenvalue weighted by Gasteiger charge is -2.24. The summed E-state index contributed by atoms with van der Waals surface area (Å²) in [7, 11) is -1.23.